The molecule has 1 heterocycles. The summed E-state index contributed by atoms with van der Waals surface area (Å²) in [5.41, 5.74) is 0.0174. The van der Waals surface area contributed by atoms with Crippen molar-refractivity contribution in [1.29, 1.82) is 0 Å². The van der Waals surface area contributed by atoms with Gasteiger partial charge in [0, 0.05) is 11.5 Å². The van der Waals surface area contributed by atoms with Crippen LogP contribution in [0.15, 0.2) is 12.2 Å². The number of allylic oxidation sites excluding steroid dienone is 2. The van der Waals surface area contributed by atoms with Gasteiger partial charge < -0.3 is 10.6 Å². The molecule has 90 valence electrons. The SMILES string of the molecule is CC1(NC(=O)C2CC=CCC2)CCNCC1. The first-order chi connectivity index (χ1) is 7.70. The van der Waals surface area contributed by atoms with Gasteiger partial charge in [-0.25, -0.2) is 0 Å². The molecule has 0 aromatic carbocycles. The first-order valence-corrected chi connectivity index (χ1v) is 6.37. The van der Waals surface area contributed by atoms with Crippen molar-refractivity contribution in [2.45, 2.75) is 44.6 Å². The molecule has 1 fully saturated rings. The van der Waals surface area contributed by atoms with E-state index in [1.54, 1.807) is 0 Å². The molecule has 1 saturated heterocycles. The third kappa shape index (κ3) is 2.85. The topological polar surface area (TPSA) is 41.1 Å². The molecule has 1 aliphatic carbocycles. The third-order valence-corrected chi connectivity index (χ3v) is 3.77. The highest BCUT2D eigenvalue weighted by molar-refractivity contribution is 5.79. The number of piperidine rings is 1. The van der Waals surface area contributed by atoms with Crippen LogP contribution in [0, 0.1) is 5.92 Å². The predicted molar refractivity (Wildman–Crippen MR) is 65.1 cm³/mol. The van der Waals surface area contributed by atoms with Crippen molar-refractivity contribution in [3.63, 3.8) is 0 Å². The van der Waals surface area contributed by atoms with Gasteiger partial charge in [-0.15, -0.1) is 0 Å². The average molecular weight is 222 g/mol. The maximum atomic E-state index is 12.1. The zero-order valence-corrected chi connectivity index (χ0v) is 10.1. The molecule has 3 heteroatoms. The summed E-state index contributed by atoms with van der Waals surface area (Å²) in [5, 5.41) is 6.58. The molecule has 16 heavy (non-hydrogen) atoms. The lowest BCUT2D eigenvalue weighted by atomic mass is 9.88. The van der Waals surface area contributed by atoms with Gasteiger partial charge in [0.05, 0.1) is 0 Å². The van der Waals surface area contributed by atoms with Crippen LogP contribution in [0.5, 0.6) is 0 Å². The minimum absolute atomic E-state index is 0.0174. The fourth-order valence-corrected chi connectivity index (χ4v) is 2.53. The van der Waals surface area contributed by atoms with Crippen LogP contribution in [0.1, 0.15) is 39.0 Å². The smallest absolute Gasteiger partial charge is 0.223 e. The van der Waals surface area contributed by atoms with Gasteiger partial charge >= 0.3 is 0 Å². The van der Waals surface area contributed by atoms with Gasteiger partial charge in [-0.1, -0.05) is 12.2 Å². The molecule has 1 atom stereocenters. The van der Waals surface area contributed by atoms with E-state index in [9.17, 15) is 4.79 Å². The number of carbonyl (C=O) groups is 1. The van der Waals surface area contributed by atoms with E-state index in [1.807, 2.05) is 0 Å². The van der Waals surface area contributed by atoms with E-state index < -0.39 is 0 Å². The van der Waals surface area contributed by atoms with Crippen LogP contribution in [0.4, 0.5) is 0 Å². The molecular formula is C13H22N2O. The number of amides is 1. The third-order valence-electron chi connectivity index (χ3n) is 3.77. The van der Waals surface area contributed by atoms with Crippen LogP contribution in [-0.2, 0) is 4.79 Å². The molecule has 0 radical (unpaired) electrons. The Morgan fingerprint density at radius 3 is 2.75 bits per heavy atom. The van der Waals surface area contributed by atoms with Gasteiger partial charge in [-0.3, -0.25) is 4.79 Å². The second-order valence-corrected chi connectivity index (χ2v) is 5.28. The Hall–Kier alpha value is -0.830. The van der Waals surface area contributed by atoms with Crippen LogP contribution in [-0.4, -0.2) is 24.5 Å². The standard InChI is InChI=1S/C13H22N2O/c1-13(7-9-14-10-8-13)15-12(16)11-5-3-2-4-6-11/h2-3,11,14H,4-10H2,1H3,(H,15,16). The van der Waals surface area contributed by atoms with E-state index in [2.05, 4.69) is 29.7 Å². The van der Waals surface area contributed by atoms with Crippen molar-refractivity contribution >= 4 is 5.91 Å². The molecule has 2 rings (SSSR count). The number of hydrogen-bond donors (Lipinski definition) is 2. The highest BCUT2D eigenvalue weighted by Crippen LogP contribution is 2.22. The summed E-state index contributed by atoms with van der Waals surface area (Å²) in [6.07, 6.45) is 9.38. The summed E-state index contributed by atoms with van der Waals surface area (Å²) in [4.78, 5) is 12.1. The summed E-state index contributed by atoms with van der Waals surface area (Å²) < 4.78 is 0. The quantitative estimate of drug-likeness (QED) is 0.697. The number of nitrogens with one attached hydrogen (secondary N) is 2. The minimum Gasteiger partial charge on any atom is -0.351 e. The van der Waals surface area contributed by atoms with Crippen molar-refractivity contribution in [2.24, 2.45) is 5.92 Å². The monoisotopic (exact) mass is 222 g/mol. The van der Waals surface area contributed by atoms with E-state index in [1.165, 1.54) is 0 Å². The van der Waals surface area contributed by atoms with Gasteiger partial charge in [0.25, 0.3) is 0 Å². The van der Waals surface area contributed by atoms with Gasteiger partial charge in [-0.2, -0.15) is 0 Å². The summed E-state index contributed by atoms with van der Waals surface area (Å²) in [6.45, 7) is 4.20. The lowest BCUT2D eigenvalue weighted by Crippen LogP contribution is -2.53. The lowest BCUT2D eigenvalue weighted by molar-refractivity contribution is -0.127. The van der Waals surface area contributed by atoms with E-state index >= 15 is 0 Å². The molecule has 1 aliphatic heterocycles. The van der Waals surface area contributed by atoms with Gasteiger partial charge in [0.1, 0.15) is 0 Å². The van der Waals surface area contributed by atoms with E-state index in [0.717, 1.165) is 45.2 Å². The predicted octanol–water partition coefficient (Wildman–Crippen LogP) is 1.60. The van der Waals surface area contributed by atoms with Crippen LogP contribution >= 0.6 is 0 Å². The second kappa shape index (κ2) is 5.00. The number of hydrogen-bond acceptors (Lipinski definition) is 2. The van der Waals surface area contributed by atoms with E-state index in [4.69, 9.17) is 0 Å². The molecule has 3 nitrogen and oxygen atoms in total. The van der Waals surface area contributed by atoms with Crippen molar-refractivity contribution < 1.29 is 4.79 Å². The summed E-state index contributed by atoms with van der Waals surface area (Å²) in [6, 6.07) is 0. The zero-order valence-electron chi connectivity index (χ0n) is 10.1. The van der Waals surface area contributed by atoms with E-state index in [-0.39, 0.29) is 17.4 Å². The second-order valence-electron chi connectivity index (χ2n) is 5.28. The maximum absolute atomic E-state index is 12.1. The van der Waals surface area contributed by atoms with Crippen LogP contribution in [0.3, 0.4) is 0 Å². The van der Waals surface area contributed by atoms with E-state index in [0.29, 0.717) is 0 Å². The first-order valence-electron chi connectivity index (χ1n) is 6.37. The summed E-state index contributed by atoms with van der Waals surface area (Å²) >= 11 is 0. The normalized spacial score (nSPS) is 28.7. The van der Waals surface area contributed by atoms with Gasteiger partial charge in [0.15, 0.2) is 0 Å². The molecule has 0 aromatic heterocycles. The first kappa shape index (κ1) is 11.6. The fraction of sp³-hybridized carbons (Fsp3) is 0.769. The van der Waals surface area contributed by atoms with Crippen molar-refractivity contribution in [1.82, 2.24) is 10.6 Å². The largest absolute Gasteiger partial charge is 0.351 e. The molecule has 0 aromatic rings. The highest BCUT2D eigenvalue weighted by atomic mass is 16.2. The Bertz CT molecular complexity index is 280. The molecular weight excluding hydrogens is 200 g/mol. The zero-order chi connectivity index (χ0) is 11.4. The molecule has 0 spiro atoms. The van der Waals surface area contributed by atoms with Crippen molar-refractivity contribution in [3.05, 3.63) is 12.2 Å². The van der Waals surface area contributed by atoms with Crippen LogP contribution in [0.2, 0.25) is 0 Å². The molecule has 2 N–H and O–H groups in total. The molecule has 2 aliphatic rings. The number of carbonyl (C=O) groups excluding carboxylic acids is 1. The van der Waals surface area contributed by atoms with Crippen LogP contribution in [0.25, 0.3) is 0 Å². The lowest BCUT2D eigenvalue weighted by Gasteiger charge is -2.36. The highest BCUT2D eigenvalue weighted by Gasteiger charge is 2.30. The number of rotatable bonds is 2. The van der Waals surface area contributed by atoms with Gasteiger partial charge in [0.2, 0.25) is 5.91 Å². The summed E-state index contributed by atoms with van der Waals surface area (Å²) in [5.74, 6) is 0.463. The summed E-state index contributed by atoms with van der Waals surface area (Å²) in [7, 11) is 0. The Morgan fingerprint density at radius 1 is 1.38 bits per heavy atom. The van der Waals surface area contributed by atoms with Crippen molar-refractivity contribution in [3.8, 4) is 0 Å². The van der Waals surface area contributed by atoms with Gasteiger partial charge in [-0.05, 0) is 52.1 Å². The Labute approximate surface area is 97.7 Å². The molecule has 1 amide bonds. The minimum atomic E-state index is 0.0174. The fourth-order valence-electron chi connectivity index (χ4n) is 2.53. The molecule has 0 bridgehead atoms. The average Bonchev–Trinajstić information content (AvgIpc) is 2.30. The molecule has 1 unspecified atom stereocenters. The Morgan fingerprint density at radius 2 is 2.12 bits per heavy atom. The Kier molecular flexibility index (Phi) is 3.64. The van der Waals surface area contributed by atoms with Crippen molar-refractivity contribution in [2.75, 3.05) is 13.1 Å². The Balaban J connectivity index is 1.87. The van der Waals surface area contributed by atoms with Crippen LogP contribution < -0.4 is 10.6 Å². The molecule has 0 saturated carbocycles. The maximum Gasteiger partial charge on any atom is 0.223 e.